The number of hydrogen-bond donors (Lipinski definition) is 1. The van der Waals surface area contributed by atoms with Crippen LogP contribution < -0.4 is 5.32 Å². The summed E-state index contributed by atoms with van der Waals surface area (Å²) >= 11 is 0. The molecule has 0 bridgehead atoms. The van der Waals surface area contributed by atoms with Crippen LogP contribution in [0.5, 0.6) is 0 Å². The van der Waals surface area contributed by atoms with Gasteiger partial charge < -0.3 is 5.32 Å². The maximum atomic E-state index is 9.87. The smallest absolute Gasteiger partial charge is 0.0823 e. The quantitative estimate of drug-likeness (QED) is 0.286. The molecule has 0 unspecified atom stereocenters. The second-order valence-electron chi connectivity index (χ2n) is 5.85. The number of nitrogens with zero attached hydrogens (tertiary/aromatic N) is 1. The summed E-state index contributed by atoms with van der Waals surface area (Å²) in [5, 5.41) is 6.21. The third-order valence-corrected chi connectivity index (χ3v) is 3.81. The minimum Gasteiger partial charge on any atom is -0.317 e. The van der Waals surface area contributed by atoms with E-state index in [1.165, 1.54) is 77.0 Å². The Morgan fingerprint density at radius 2 is 1.10 bits per heavy atom. The van der Waals surface area contributed by atoms with Crippen LogP contribution in [0.4, 0.5) is 0 Å². The molecule has 3 nitrogen and oxygen atoms in total. The standard InChI is InChI=1S/C17H36N2O/c1-2-3-4-5-6-7-8-9-10-11-12-13-15-18-16-14-17-19-20/h18H,2-17H2,1H3. The molecule has 0 saturated heterocycles. The molecule has 0 atom stereocenters. The highest BCUT2D eigenvalue weighted by molar-refractivity contribution is 4.52. The molecule has 0 spiro atoms. The molecule has 0 aromatic rings. The van der Waals surface area contributed by atoms with Gasteiger partial charge in [-0.3, -0.25) is 0 Å². The Balaban J connectivity index is 2.90. The highest BCUT2D eigenvalue weighted by Gasteiger charge is 1.93. The lowest BCUT2D eigenvalue weighted by atomic mass is 10.1. The van der Waals surface area contributed by atoms with Crippen LogP contribution in [-0.4, -0.2) is 19.6 Å². The largest absolute Gasteiger partial charge is 0.317 e. The Hall–Kier alpha value is -0.440. The Morgan fingerprint density at radius 3 is 1.60 bits per heavy atom. The molecule has 0 aliphatic rings. The summed E-state index contributed by atoms with van der Waals surface area (Å²) < 4.78 is 0. The van der Waals surface area contributed by atoms with Gasteiger partial charge in [0.15, 0.2) is 0 Å². The van der Waals surface area contributed by atoms with Crippen LogP contribution in [0.15, 0.2) is 5.18 Å². The van der Waals surface area contributed by atoms with Gasteiger partial charge in [0.05, 0.1) is 6.54 Å². The minimum absolute atomic E-state index is 0.450. The number of nitroso groups, excluding NO2 is 1. The molecule has 0 aliphatic heterocycles. The minimum atomic E-state index is 0.450. The first-order valence-electron chi connectivity index (χ1n) is 8.91. The molecule has 0 saturated carbocycles. The summed E-state index contributed by atoms with van der Waals surface area (Å²) in [4.78, 5) is 9.87. The molecule has 0 heterocycles. The van der Waals surface area contributed by atoms with E-state index in [0.29, 0.717) is 6.54 Å². The van der Waals surface area contributed by atoms with Crippen molar-refractivity contribution in [3.63, 3.8) is 0 Å². The second-order valence-corrected chi connectivity index (χ2v) is 5.85. The Bertz CT molecular complexity index is 186. The van der Waals surface area contributed by atoms with Crippen LogP contribution in [0.2, 0.25) is 0 Å². The first-order valence-corrected chi connectivity index (χ1v) is 8.91. The fourth-order valence-electron chi connectivity index (χ4n) is 2.48. The van der Waals surface area contributed by atoms with E-state index < -0.39 is 0 Å². The Labute approximate surface area is 126 Å². The van der Waals surface area contributed by atoms with Crippen LogP contribution in [0, 0.1) is 4.91 Å². The van der Waals surface area contributed by atoms with E-state index in [1.54, 1.807) is 0 Å². The molecule has 0 aromatic carbocycles. The average Bonchev–Trinajstić information content (AvgIpc) is 2.47. The number of rotatable bonds is 17. The van der Waals surface area contributed by atoms with Crippen molar-refractivity contribution in [3.05, 3.63) is 4.91 Å². The van der Waals surface area contributed by atoms with Crippen molar-refractivity contribution < 1.29 is 0 Å². The van der Waals surface area contributed by atoms with Gasteiger partial charge in [-0.2, -0.15) is 4.91 Å². The third-order valence-electron chi connectivity index (χ3n) is 3.81. The molecular weight excluding hydrogens is 248 g/mol. The molecule has 1 N–H and O–H groups in total. The lowest BCUT2D eigenvalue weighted by Gasteiger charge is -2.04. The van der Waals surface area contributed by atoms with Gasteiger partial charge in [0.1, 0.15) is 0 Å². The van der Waals surface area contributed by atoms with E-state index >= 15 is 0 Å². The van der Waals surface area contributed by atoms with E-state index in [2.05, 4.69) is 17.4 Å². The van der Waals surface area contributed by atoms with Gasteiger partial charge in [-0.25, -0.2) is 0 Å². The van der Waals surface area contributed by atoms with Gasteiger partial charge in [0.2, 0.25) is 0 Å². The SMILES string of the molecule is CCCCCCCCCCCCCCNCCCN=O. The summed E-state index contributed by atoms with van der Waals surface area (Å²) in [7, 11) is 0. The molecule has 0 aliphatic carbocycles. The molecule has 0 aromatic heterocycles. The summed E-state index contributed by atoms with van der Waals surface area (Å²) in [6, 6.07) is 0. The normalized spacial score (nSPS) is 10.8. The van der Waals surface area contributed by atoms with Crippen molar-refractivity contribution in [3.8, 4) is 0 Å². The molecule has 0 rings (SSSR count). The van der Waals surface area contributed by atoms with Crippen molar-refractivity contribution in [1.29, 1.82) is 0 Å². The highest BCUT2D eigenvalue weighted by atomic mass is 16.3. The summed E-state index contributed by atoms with van der Waals surface area (Å²) in [5.41, 5.74) is 0. The zero-order valence-corrected chi connectivity index (χ0v) is 13.7. The fraction of sp³-hybridized carbons (Fsp3) is 1.00. The Morgan fingerprint density at radius 1 is 0.650 bits per heavy atom. The van der Waals surface area contributed by atoms with Crippen molar-refractivity contribution >= 4 is 0 Å². The zero-order chi connectivity index (χ0) is 14.7. The van der Waals surface area contributed by atoms with Gasteiger partial charge >= 0.3 is 0 Å². The van der Waals surface area contributed by atoms with E-state index in [9.17, 15) is 4.91 Å². The maximum absolute atomic E-state index is 9.87. The maximum Gasteiger partial charge on any atom is 0.0823 e. The molecule has 0 radical (unpaired) electrons. The zero-order valence-electron chi connectivity index (χ0n) is 13.7. The van der Waals surface area contributed by atoms with Crippen LogP contribution >= 0.6 is 0 Å². The van der Waals surface area contributed by atoms with Crippen molar-refractivity contribution in [2.75, 3.05) is 19.6 Å². The average molecular weight is 284 g/mol. The first kappa shape index (κ1) is 19.6. The van der Waals surface area contributed by atoms with Crippen molar-refractivity contribution in [1.82, 2.24) is 5.32 Å². The second kappa shape index (κ2) is 18.6. The number of nitrogens with one attached hydrogen (secondary N) is 1. The van der Waals surface area contributed by atoms with Crippen LogP contribution in [0.3, 0.4) is 0 Å². The lowest BCUT2D eigenvalue weighted by Crippen LogP contribution is -2.17. The molecule has 0 amide bonds. The van der Waals surface area contributed by atoms with Crippen molar-refractivity contribution in [2.24, 2.45) is 5.18 Å². The van der Waals surface area contributed by atoms with Crippen LogP contribution in [-0.2, 0) is 0 Å². The van der Waals surface area contributed by atoms with Crippen LogP contribution in [0.1, 0.15) is 90.4 Å². The van der Waals surface area contributed by atoms with Gasteiger partial charge in [-0.15, -0.1) is 0 Å². The lowest BCUT2D eigenvalue weighted by molar-refractivity contribution is 0.534. The number of unbranched alkanes of at least 4 members (excludes halogenated alkanes) is 11. The highest BCUT2D eigenvalue weighted by Crippen LogP contribution is 2.11. The predicted octanol–water partition coefficient (Wildman–Crippen LogP) is 5.43. The molecular formula is C17H36N2O. The van der Waals surface area contributed by atoms with Gasteiger partial charge in [-0.1, -0.05) is 82.7 Å². The predicted molar refractivity (Wildman–Crippen MR) is 89.2 cm³/mol. The van der Waals surface area contributed by atoms with Gasteiger partial charge in [0, 0.05) is 0 Å². The van der Waals surface area contributed by atoms with Crippen molar-refractivity contribution in [2.45, 2.75) is 90.4 Å². The van der Waals surface area contributed by atoms with E-state index in [0.717, 1.165) is 19.5 Å². The van der Waals surface area contributed by atoms with Crippen LogP contribution in [0.25, 0.3) is 0 Å². The summed E-state index contributed by atoms with van der Waals surface area (Å²) in [6.07, 6.45) is 17.7. The number of hydrogen-bond acceptors (Lipinski definition) is 3. The monoisotopic (exact) mass is 284 g/mol. The van der Waals surface area contributed by atoms with E-state index in [4.69, 9.17) is 0 Å². The molecule has 120 valence electrons. The van der Waals surface area contributed by atoms with Gasteiger partial charge in [-0.05, 0) is 25.9 Å². The van der Waals surface area contributed by atoms with E-state index in [1.807, 2.05) is 0 Å². The third kappa shape index (κ3) is 17.6. The fourth-order valence-corrected chi connectivity index (χ4v) is 2.48. The Kier molecular flexibility index (Phi) is 18.2. The molecule has 0 fully saturated rings. The molecule has 20 heavy (non-hydrogen) atoms. The van der Waals surface area contributed by atoms with Gasteiger partial charge in [0.25, 0.3) is 0 Å². The summed E-state index contributed by atoms with van der Waals surface area (Å²) in [5.74, 6) is 0. The topological polar surface area (TPSA) is 41.5 Å². The molecule has 3 heteroatoms. The van der Waals surface area contributed by atoms with E-state index in [-0.39, 0.29) is 0 Å². The summed E-state index contributed by atoms with van der Waals surface area (Å²) in [6.45, 7) is 4.75. The first-order chi connectivity index (χ1) is 9.91.